The van der Waals surface area contributed by atoms with Gasteiger partial charge in [0.1, 0.15) is 22.0 Å². The molecule has 4 heterocycles. The van der Waals surface area contributed by atoms with E-state index in [-0.39, 0.29) is 48.6 Å². The van der Waals surface area contributed by atoms with Gasteiger partial charge >= 0.3 is 0 Å². The second-order valence-corrected chi connectivity index (χ2v) is 10.5. The lowest BCUT2D eigenvalue weighted by molar-refractivity contribution is -0.138. The van der Waals surface area contributed by atoms with E-state index in [9.17, 15) is 18.0 Å². The molecule has 0 saturated carbocycles. The fourth-order valence-corrected chi connectivity index (χ4v) is 6.64. The number of furan rings is 1. The van der Waals surface area contributed by atoms with Gasteiger partial charge < -0.3 is 14.2 Å². The van der Waals surface area contributed by atoms with Crippen LogP contribution in [-0.4, -0.2) is 81.8 Å². The zero-order chi connectivity index (χ0) is 23.0. The summed E-state index contributed by atoms with van der Waals surface area (Å²) in [6, 6.07) is 7.61. The van der Waals surface area contributed by atoms with Gasteiger partial charge in [-0.2, -0.15) is 13.1 Å². The van der Waals surface area contributed by atoms with Crippen molar-refractivity contribution in [2.75, 3.05) is 32.7 Å². The molecule has 0 spiro atoms. The first-order valence-electron chi connectivity index (χ1n) is 10.8. The summed E-state index contributed by atoms with van der Waals surface area (Å²) in [6.07, 6.45) is 3.72. The van der Waals surface area contributed by atoms with Gasteiger partial charge in [0, 0.05) is 32.7 Å². The summed E-state index contributed by atoms with van der Waals surface area (Å²) in [7, 11) is -3.76. The maximum Gasteiger partial charge on any atom is 0.290 e. The minimum atomic E-state index is -3.76. The number of carbonyl (C=O) groups excluding carboxylic acids is 2. The molecular formula is C21H23N5O5S2. The molecule has 2 saturated heterocycles. The van der Waals surface area contributed by atoms with E-state index in [1.54, 1.807) is 34.1 Å². The zero-order valence-electron chi connectivity index (χ0n) is 17.8. The number of sulfonamides is 1. The molecule has 174 valence electrons. The van der Waals surface area contributed by atoms with Gasteiger partial charge in [-0.15, -0.1) is 0 Å². The van der Waals surface area contributed by atoms with Crippen LogP contribution in [-0.2, 0) is 14.8 Å². The molecular weight excluding hydrogens is 466 g/mol. The number of benzene rings is 1. The first kappa shape index (κ1) is 22.0. The smallest absolute Gasteiger partial charge is 0.290 e. The van der Waals surface area contributed by atoms with Crippen LogP contribution in [0.25, 0.3) is 11.0 Å². The Labute approximate surface area is 195 Å². The second kappa shape index (κ2) is 8.84. The minimum absolute atomic E-state index is 0.135. The average Bonchev–Trinajstić information content (AvgIpc) is 3.55. The number of rotatable bonds is 4. The van der Waals surface area contributed by atoms with Gasteiger partial charge in [0.25, 0.3) is 5.91 Å². The number of piperazine rings is 1. The van der Waals surface area contributed by atoms with Crippen molar-refractivity contribution in [1.82, 2.24) is 22.9 Å². The van der Waals surface area contributed by atoms with Crippen molar-refractivity contribution >= 4 is 44.6 Å². The maximum absolute atomic E-state index is 13.3. The third-order valence-electron chi connectivity index (χ3n) is 6.20. The van der Waals surface area contributed by atoms with Gasteiger partial charge in [0.05, 0.1) is 18.0 Å². The van der Waals surface area contributed by atoms with Gasteiger partial charge in [-0.05, 0) is 43.5 Å². The molecule has 0 N–H and O–H groups in total. The highest BCUT2D eigenvalue weighted by atomic mass is 32.2. The Morgan fingerprint density at radius 1 is 1.00 bits per heavy atom. The Kier molecular flexibility index (Phi) is 5.89. The predicted octanol–water partition coefficient (Wildman–Crippen LogP) is 1.81. The Balaban J connectivity index is 1.29. The molecule has 1 unspecified atom stereocenters. The van der Waals surface area contributed by atoms with Crippen molar-refractivity contribution in [3.8, 4) is 0 Å². The lowest BCUT2D eigenvalue weighted by Crippen LogP contribution is -2.57. The predicted molar refractivity (Wildman–Crippen MR) is 120 cm³/mol. The molecule has 2 amide bonds. The van der Waals surface area contributed by atoms with Crippen molar-refractivity contribution in [3.05, 3.63) is 42.4 Å². The Morgan fingerprint density at radius 2 is 1.82 bits per heavy atom. The highest BCUT2D eigenvalue weighted by molar-refractivity contribution is 7.89. The van der Waals surface area contributed by atoms with Crippen LogP contribution in [0.15, 0.2) is 45.9 Å². The highest BCUT2D eigenvalue weighted by Crippen LogP contribution is 2.26. The number of piperidine rings is 1. The van der Waals surface area contributed by atoms with Gasteiger partial charge in [0.15, 0.2) is 5.76 Å². The van der Waals surface area contributed by atoms with E-state index in [1.165, 1.54) is 16.6 Å². The standard InChI is InChI=1S/C21H23N5O5S2/c27-20(16-6-1-2-9-26(16)21(28)17-7-4-14-31-17)24-10-12-25(13-11-24)33(29,30)18-8-3-5-15-19(18)23-32-22-15/h3-5,7-8,14,16H,1-2,6,9-13H2. The summed E-state index contributed by atoms with van der Waals surface area (Å²) in [5, 5.41) is 0. The molecule has 1 atom stereocenters. The number of nitrogens with zero attached hydrogens (tertiary/aromatic N) is 5. The molecule has 5 rings (SSSR count). The summed E-state index contributed by atoms with van der Waals surface area (Å²) in [4.78, 5) is 29.6. The topological polar surface area (TPSA) is 117 Å². The Hall–Kier alpha value is -2.83. The van der Waals surface area contributed by atoms with Crippen LogP contribution in [0, 0.1) is 0 Å². The van der Waals surface area contributed by atoms with Gasteiger partial charge in [0.2, 0.25) is 15.9 Å². The summed E-state index contributed by atoms with van der Waals surface area (Å²) in [6.45, 7) is 1.39. The van der Waals surface area contributed by atoms with Crippen LogP contribution in [0.3, 0.4) is 0 Å². The molecule has 10 nitrogen and oxygen atoms in total. The van der Waals surface area contributed by atoms with E-state index in [1.807, 2.05) is 0 Å². The molecule has 2 aliphatic rings. The third kappa shape index (κ3) is 4.02. The molecule has 0 aliphatic carbocycles. The summed E-state index contributed by atoms with van der Waals surface area (Å²) < 4.78 is 41.4. The van der Waals surface area contributed by atoms with Crippen molar-refractivity contribution in [1.29, 1.82) is 0 Å². The molecule has 1 aromatic carbocycles. The quantitative estimate of drug-likeness (QED) is 0.549. The number of hydrogen-bond donors (Lipinski definition) is 0. The largest absolute Gasteiger partial charge is 0.459 e. The van der Waals surface area contributed by atoms with E-state index in [0.29, 0.717) is 24.0 Å². The SMILES string of the molecule is O=C(C1CCCCN1C(=O)c1ccco1)N1CCN(S(=O)(=O)c2cccc3nsnc23)CC1. The Bertz CT molecular complexity index is 1270. The van der Waals surface area contributed by atoms with Crippen molar-refractivity contribution in [3.63, 3.8) is 0 Å². The fraction of sp³-hybridized carbons (Fsp3) is 0.429. The van der Waals surface area contributed by atoms with Crippen molar-refractivity contribution in [2.45, 2.75) is 30.2 Å². The highest BCUT2D eigenvalue weighted by Gasteiger charge is 2.38. The fourth-order valence-electron chi connectivity index (χ4n) is 4.46. The average molecular weight is 490 g/mol. The summed E-state index contributed by atoms with van der Waals surface area (Å²) >= 11 is 0.977. The van der Waals surface area contributed by atoms with E-state index < -0.39 is 16.1 Å². The molecule has 33 heavy (non-hydrogen) atoms. The van der Waals surface area contributed by atoms with Gasteiger partial charge in [-0.3, -0.25) is 9.59 Å². The first-order chi connectivity index (χ1) is 16.0. The van der Waals surface area contributed by atoms with Crippen LogP contribution < -0.4 is 0 Å². The number of fused-ring (bicyclic) bond motifs is 1. The van der Waals surface area contributed by atoms with E-state index in [0.717, 1.165) is 24.6 Å². The van der Waals surface area contributed by atoms with Crippen LogP contribution in [0.1, 0.15) is 29.8 Å². The second-order valence-electron chi connectivity index (χ2n) is 8.10. The Morgan fingerprint density at radius 3 is 2.58 bits per heavy atom. The molecule has 0 radical (unpaired) electrons. The molecule has 12 heteroatoms. The molecule has 2 aromatic heterocycles. The monoisotopic (exact) mass is 489 g/mol. The van der Waals surface area contributed by atoms with Gasteiger partial charge in [-0.25, -0.2) is 8.42 Å². The zero-order valence-corrected chi connectivity index (χ0v) is 19.4. The van der Waals surface area contributed by atoms with E-state index in [4.69, 9.17) is 4.42 Å². The number of carbonyl (C=O) groups is 2. The lowest BCUT2D eigenvalue weighted by Gasteiger charge is -2.40. The minimum Gasteiger partial charge on any atom is -0.459 e. The lowest BCUT2D eigenvalue weighted by atomic mass is 10.00. The van der Waals surface area contributed by atoms with Crippen molar-refractivity contribution < 1.29 is 22.4 Å². The van der Waals surface area contributed by atoms with Crippen LogP contribution in [0.5, 0.6) is 0 Å². The van der Waals surface area contributed by atoms with Crippen LogP contribution in [0.2, 0.25) is 0 Å². The molecule has 0 bridgehead atoms. The van der Waals surface area contributed by atoms with Crippen LogP contribution in [0.4, 0.5) is 0 Å². The van der Waals surface area contributed by atoms with Gasteiger partial charge in [-0.1, -0.05) is 6.07 Å². The number of hydrogen-bond acceptors (Lipinski definition) is 8. The normalized spacial score (nSPS) is 20.3. The molecule has 2 fully saturated rings. The molecule has 2 aliphatic heterocycles. The van der Waals surface area contributed by atoms with Crippen molar-refractivity contribution in [2.24, 2.45) is 0 Å². The first-order valence-corrected chi connectivity index (χ1v) is 13.0. The number of likely N-dealkylation sites (tertiary alicyclic amines) is 1. The van der Waals surface area contributed by atoms with E-state index >= 15 is 0 Å². The van der Waals surface area contributed by atoms with Crippen LogP contribution >= 0.6 is 11.7 Å². The maximum atomic E-state index is 13.3. The summed E-state index contributed by atoms with van der Waals surface area (Å²) in [5.41, 5.74) is 0.920. The number of aromatic nitrogens is 2. The number of amides is 2. The molecule has 3 aromatic rings. The summed E-state index contributed by atoms with van der Waals surface area (Å²) in [5.74, 6) is -0.210. The van der Waals surface area contributed by atoms with E-state index in [2.05, 4.69) is 8.75 Å². The third-order valence-corrected chi connectivity index (χ3v) is 8.67.